The number of urea groups is 1. The number of aliphatic carboxylic acids is 2. The van der Waals surface area contributed by atoms with Crippen molar-refractivity contribution in [1.29, 1.82) is 0 Å². The molecule has 0 aromatic heterocycles. The van der Waals surface area contributed by atoms with Crippen LogP contribution in [-0.4, -0.2) is 53.7 Å². The van der Waals surface area contributed by atoms with Crippen LogP contribution in [0.5, 0.6) is 0 Å². The number of nitrogens with one attached hydrogen (secondary N) is 3. The maximum atomic E-state index is 11.2. The van der Waals surface area contributed by atoms with E-state index in [1.165, 1.54) is 7.05 Å². The van der Waals surface area contributed by atoms with Gasteiger partial charge in [-0.2, -0.15) is 0 Å². The second-order valence-corrected chi connectivity index (χ2v) is 3.31. The zero-order valence-corrected chi connectivity index (χ0v) is 9.73. The molecule has 0 aliphatic heterocycles. The van der Waals surface area contributed by atoms with E-state index in [2.05, 4.69) is 10.6 Å². The summed E-state index contributed by atoms with van der Waals surface area (Å²) in [7, 11) is 1.44. The molecule has 1 atom stereocenters. The van der Waals surface area contributed by atoms with Crippen molar-refractivity contribution < 1.29 is 29.4 Å². The molecule has 3 amide bonds. The lowest BCUT2D eigenvalue weighted by atomic mass is 10.2. The Labute approximate surface area is 103 Å². The minimum atomic E-state index is -1.51. The smallest absolute Gasteiger partial charge is 0.326 e. The summed E-state index contributed by atoms with van der Waals surface area (Å²) >= 11 is 0. The van der Waals surface area contributed by atoms with Crippen LogP contribution in [0.15, 0.2) is 0 Å². The summed E-state index contributed by atoms with van der Waals surface area (Å²) in [4.78, 5) is 43.0. The Hall–Kier alpha value is -2.32. The Morgan fingerprint density at radius 2 is 1.78 bits per heavy atom. The molecular formula is C9H15N3O6. The van der Waals surface area contributed by atoms with Gasteiger partial charge in [0.15, 0.2) is 0 Å². The van der Waals surface area contributed by atoms with Gasteiger partial charge in [0.1, 0.15) is 6.04 Å². The minimum absolute atomic E-state index is 0.0188. The maximum absolute atomic E-state index is 11.2. The lowest BCUT2D eigenvalue weighted by Crippen LogP contribution is -2.47. The van der Waals surface area contributed by atoms with Crippen molar-refractivity contribution in [2.24, 2.45) is 0 Å². The first-order chi connectivity index (χ1) is 8.36. The highest BCUT2D eigenvalue weighted by atomic mass is 16.4. The molecule has 5 N–H and O–H groups in total. The lowest BCUT2D eigenvalue weighted by molar-refractivity contribution is -0.145. The molecule has 0 bridgehead atoms. The Kier molecular flexibility index (Phi) is 6.86. The predicted molar refractivity (Wildman–Crippen MR) is 58.9 cm³/mol. The molecule has 0 aromatic rings. The summed E-state index contributed by atoms with van der Waals surface area (Å²) in [5.74, 6) is -3.07. The van der Waals surface area contributed by atoms with Crippen molar-refractivity contribution in [2.75, 3.05) is 13.6 Å². The summed E-state index contributed by atoms with van der Waals surface area (Å²) in [5, 5.41) is 23.6. The highest BCUT2D eigenvalue weighted by Gasteiger charge is 2.22. The van der Waals surface area contributed by atoms with Crippen LogP contribution in [0.4, 0.5) is 4.79 Å². The number of carbonyl (C=O) groups is 4. The molecule has 18 heavy (non-hydrogen) atoms. The van der Waals surface area contributed by atoms with Crippen molar-refractivity contribution in [2.45, 2.75) is 18.9 Å². The summed E-state index contributed by atoms with van der Waals surface area (Å²) in [6.45, 7) is 0.0188. The SMILES string of the molecule is CNC(=O)CCNC(=O)N[C@H](CC(=O)O)C(=O)O. The van der Waals surface area contributed by atoms with Gasteiger partial charge in [-0.05, 0) is 0 Å². The van der Waals surface area contributed by atoms with Gasteiger partial charge < -0.3 is 26.2 Å². The molecule has 0 saturated heterocycles. The van der Waals surface area contributed by atoms with Crippen molar-refractivity contribution in [3.63, 3.8) is 0 Å². The molecule has 9 heteroatoms. The van der Waals surface area contributed by atoms with E-state index in [9.17, 15) is 19.2 Å². The highest BCUT2D eigenvalue weighted by Crippen LogP contribution is 1.92. The molecule has 0 radical (unpaired) electrons. The first-order valence-electron chi connectivity index (χ1n) is 5.06. The van der Waals surface area contributed by atoms with Gasteiger partial charge in [0, 0.05) is 20.0 Å². The third-order valence-electron chi connectivity index (χ3n) is 1.90. The van der Waals surface area contributed by atoms with Gasteiger partial charge in [0.2, 0.25) is 5.91 Å². The first kappa shape index (κ1) is 15.7. The Morgan fingerprint density at radius 3 is 2.22 bits per heavy atom. The fourth-order valence-electron chi connectivity index (χ4n) is 0.999. The van der Waals surface area contributed by atoms with Gasteiger partial charge in [-0.1, -0.05) is 0 Å². The molecule has 0 unspecified atom stereocenters. The van der Waals surface area contributed by atoms with E-state index in [0.717, 1.165) is 0 Å². The molecule has 0 fully saturated rings. The molecular weight excluding hydrogens is 246 g/mol. The highest BCUT2D eigenvalue weighted by molar-refractivity contribution is 5.86. The number of carboxylic acid groups (broad SMARTS) is 2. The molecule has 0 rings (SSSR count). The van der Waals surface area contributed by atoms with Crippen molar-refractivity contribution in [3.8, 4) is 0 Å². The summed E-state index contributed by atoms with van der Waals surface area (Å²) in [6, 6.07) is -2.35. The molecule has 0 heterocycles. The number of hydrogen-bond donors (Lipinski definition) is 5. The zero-order chi connectivity index (χ0) is 14.1. The van der Waals surface area contributed by atoms with E-state index in [1.807, 2.05) is 5.32 Å². The average molecular weight is 261 g/mol. The quantitative estimate of drug-likeness (QED) is 0.371. The van der Waals surface area contributed by atoms with Crippen LogP contribution in [0.25, 0.3) is 0 Å². The van der Waals surface area contributed by atoms with Crippen LogP contribution in [0, 0.1) is 0 Å². The van der Waals surface area contributed by atoms with Crippen LogP contribution < -0.4 is 16.0 Å². The normalized spacial score (nSPS) is 11.2. The largest absolute Gasteiger partial charge is 0.481 e. The topological polar surface area (TPSA) is 145 Å². The van der Waals surface area contributed by atoms with Gasteiger partial charge >= 0.3 is 18.0 Å². The number of rotatable bonds is 7. The summed E-state index contributed by atoms with van der Waals surface area (Å²) in [5.41, 5.74) is 0. The third-order valence-corrected chi connectivity index (χ3v) is 1.90. The fraction of sp³-hybridized carbons (Fsp3) is 0.556. The van der Waals surface area contributed by atoms with Crippen LogP contribution in [0.2, 0.25) is 0 Å². The van der Waals surface area contributed by atoms with Gasteiger partial charge in [-0.3, -0.25) is 9.59 Å². The van der Waals surface area contributed by atoms with E-state index < -0.39 is 30.4 Å². The summed E-state index contributed by atoms with van der Waals surface area (Å²) < 4.78 is 0. The van der Waals surface area contributed by atoms with E-state index in [1.54, 1.807) is 0 Å². The molecule has 9 nitrogen and oxygen atoms in total. The van der Waals surface area contributed by atoms with Crippen LogP contribution >= 0.6 is 0 Å². The van der Waals surface area contributed by atoms with Gasteiger partial charge in [-0.25, -0.2) is 9.59 Å². The summed E-state index contributed by atoms with van der Waals surface area (Å²) in [6.07, 6.45) is -0.682. The number of carboxylic acids is 2. The Balaban J connectivity index is 4.06. The number of hydrogen-bond acceptors (Lipinski definition) is 4. The van der Waals surface area contributed by atoms with Crippen molar-refractivity contribution in [1.82, 2.24) is 16.0 Å². The number of carbonyl (C=O) groups excluding carboxylic acids is 2. The third kappa shape index (κ3) is 7.04. The van der Waals surface area contributed by atoms with Gasteiger partial charge in [0.25, 0.3) is 0 Å². The standard InChI is InChI=1S/C9H15N3O6/c1-10-6(13)2-3-11-9(18)12-5(8(16)17)4-7(14)15/h5H,2-4H2,1H3,(H,10,13)(H,14,15)(H,16,17)(H2,11,12,18)/t5-/m1/s1. The second kappa shape index (κ2) is 7.87. The molecule has 0 saturated carbocycles. The average Bonchev–Trinajstić information content (AvgIpc) is 2.27. The fourth-order valence-corrected chi connectivity index (χ4v) is 0.999. The molecule has 102 valence electrons. The number of amides is 3. The van der Waals surface area contributed by atoms with Crippen molar-refractivity contribution >= 4 is 23.9 Å². The van der Waals surface area contributed by atoms with E-state index in [-0.39, 0.29) is 18.9 Å². The van der Waals surface area contributed by atoms with Crippen LogP contribution in [-0.2, 0) is 14.4 Å². The maximum Gasteiger partial charge on any atom is 0.326 e. The zero-order valence-electron chi connectivity index (χ0n) is 9.73. The second-order valence-electron chi connectivity index (χ2n) is 3.31. The van der Waals surface area contributed by atoms with E-state index in [4.69, 9.17) is 10.2 Å². The van der Waals surface area contributed by atoms with E-state index in [0.29, 0.717) is 0 Å². The molecule has 0 spiro atoms. The molecule has 0 aliphatic carbocycles. The lowest BCUT2D eigenvalue weighted by Gasteiger charge is -2.12. The van der Waals surface area contributed by atoms with Gasteiger partial charge in [0.05, 0.1) is 6.42 Å². The van der Waals surface area contributed by atoms with E-state index >= 15 is 0 Å². The van der Waals surface area contributed by atoms with Crippen LogP contribution in [0.3, 0.4) is 0 Å². The van der Waals surface area contributed by atoms with Crippen molar-refractivity contribution in [3.05, 3.63) is 0 Å². The molecule has 0 aliphatic rings. The molecule has 0 aromatic carbocycles. The minimum Gasteiger partial charge on any atom is -0.481 e. The Morgan fingerprint density at radius 1 is 1.17 bits per heavy atom. The first-order valence-corrected chi connectivity index (χ1v) is 5.06. The Bertz CT molecular complexity index is 343. The predicted octanol–water partition coefficient (Wildman–Crippen LogP) is -1.65. The van der Waals surface area contributed by atoms with Gasteiger partial charge in [-0.15, -0.1) is 0 Å². The monoisotopic (exact) mass is 261 g/mol. The van der Waals surface area contributed by atoms with Crippen LogP contribution in [0.1, 0.15) is 12.8 Å².